The summed E-state index contributed by atoms with van der Waals surface area (Å²) in [7, 11) is 3.57. The second kappa shape index (κ2) is 9.41. The molecule has 1 heterocycles. The Labute approximate surface area is 164 Å². The fourth-order valence-electron chi connectivity index (χ4n) is 2.65. The number of aromatic nitrogens is 1. The number of hydrogen-bond donors (Lipinski definition) is 1. The van der Waals surface area contributed by atoms with Gasteiger partial charge >= 0.3 is 0 Å². The molecular formula is C22H23N3O3. The first-order valence-electron chi connectivity index (χ1n) is 8.97. The molecule has 0 radical (unpaired) electrons. The summed E-state index contributed by atoms with van der Waals surface area (Å²) in [6, 6.07) is 20.9. The van der Waals surface area contributed by atoms with Crippen molar-refractivity contribution in [2.24, 2.45) is 0 Å². The molecule has 0 atom stereocenters. The second-order valence-corrected chi connectivity index (χ2v) is 6.07. The summed E-state index contributed by atoms with van der Waals surface area (Å²) in [5.41, 5.74) is 2.29. The van der Waals surface area contributed by atoms with Crippen molar-refractivity contribution < 1.29 is 14.3 Å². The van der Waals surface area contributed by atoms with Crippen LogP contribution in [0.1, 0.15) is 10.5 Å². The van der Waals surface area contributed by atoms with E-state index in [1.807, 2.05) is 72.6 Å². The van der Waals surface area contributed by atoms with E-state index in [-0.39, 0.29) is 5.91 Å². The van der Waals surface area contributed by atoms with E-state index >= 15 is 0 Å². The maximum Gasteiger partial charge on any atom is 0.270 e. The SMILES string of the molecule is COc1ccc(OCCNC(=O)c2cc(N(C)c3ccccc3)ccn2)cc1. The first kappa shape index (κ1) is 19.2. The van der Waals surface area contributed by atoms with Crippen molar-refractivity contribution in [3.63, 3.8) is 0 Å². The third-order valence-electron chi connectivity index (χ3n) is 4.22. The van der Waals surface area contributed by atoms with E-state index in [2.05, 4.69) is 10.3 Å². The lowest BCUT2D eigenvalue weighted by Gasteiger charge is -2.19. The zero-order chi connectivity index (χ0) is 19.8. The van der Waals surface area contributed by atoms with Gasteiger partial charge in [-0.3, -0.25) is 9.78 Å². The number of amides is 1. The Hall–Kier alpha value is -3.54. The minimum absolute atomic E-state index is 0.235. The van der Waals surface area contributed by atoms with Crippen LogP contribution >= 0.6 is 0 Å². The van der Waals surface area contributed by atoms with Crippen molar-refractivity contribution in [2.45, 2.75) is 0 Å². The summed E-state index contributed by atoms with van der Waals surface area (Å²) >= 11 is 0. The van der Waals surface area contributed by atoms with Crippen LogP contribution in [0.3, 0.4) is 0 Å². The first-order valence-corrected chi connectivity index (χ1v) is 8.97. The van der Waals surface area contributed by atoms with E-state index in [4.69, 9.17) is 9.47 Å². The summed E-state index contributed by atoms with van der Waals surface area (Å²) < 4.78 is 10.7. The lowest BCUT2D eigenvalue weighted by atomic mass is 10.2. The Morgan fingerprint density at radius 3 is 2.43 bits per heavy atom. The van der Waals surface area contributed by atoms with Crippen LogP contribution in [0.4, 0.5) is 11.4 Å². The Morgan fingerprint density at radius 2 is 1.71 bits per heavy atom. The van der Waals surface area contributed by atoms with E-state index in [9.17, 15) is 4.79 Å². The van der Waals surface area contributed by atoms with Gasteiger partial charge in [0, 0.05) is 24.6 Å². The molecule has 2 aromatic carbocycles. The van der Waals surface area contributed by atoms with Crippen LogP contribution in [-0.4, -0.2) is 38.2 Å². The van der Waals surface area contributed by atoms with Gasteiger partial charge < -0.3 is 19.7 Å². The van der Waals surface area contributed by atoms with Crippen molar-refractivity contribution >= 4 is 17.3 Å². The summed E-state index contributed by atoms with van der Waals surface area (Å²) in [5, 5.41) is 2.83. The van der Waals surface area contributed by atoms with E-state index in [0.29, 0.717) is 18.8 Å². The number of nitrogens with one attached hydrogen (secondary N) is 1. The highest BCUT2D eigenvalue weighted by Crippen LogP contribution is 2.23. The molecule has 0 saturated carbocycles. The maximum atomic E-state index is 12.4. The predicted octanol–water partition coefficient (Wildman–Crippen LogP) is 3.67. The number of anilines is 2. The molecule has 0 saturated heterocycles. The van der Waals surface area contributed by atoms with Gasteiger partial charge in [0.15, 0.2) is 0 Å². The first-order chi connectivity index (χ1) is 13.7. The van der Waals surface area contributed by atoms with Gasteiger partial charge in [-0.05, 0) is 48.5 Å². The Bertz CT molecular complexity index is 898. The summed E-state index contributed by atoms with van der Waals surface area (Å²) in [6.45, 7) is 0.743. The number of para-hydroxylation sites is 1. The molecule has 0 unspecified atom stereocenters. The number of pyridine rings is 1. The number of benzene rings is 2. The number of carbonyl (C=O) groups is 1. The normalized spacial score (nSPS) is 10.2. The average Bonchev–Trinajstić information content (AvgIpc) is 2.77. The lowest BCUT2D eigenvalue weighted by molar-refractivity contribution is 0.0942. The fraction of sp³-hybridized carbons (Fsp3) is 0.182. The standard InChI is InChI=1S/C22H23N3O3/c1-25(17-6-4-3-5-7-17)18-12-13-23-21(16-18)22(26)24-14-15-28-20-10-8-19(27-2)9-11-20/h3-13,16H,14-15H2,1-2H3,(H,24,26). The van der Waals surface area contributed by atoms with Gasteiger partial charge in [0.05, 0.1) is 13.7 Å². The number of rotatable bonds is 8. The zero-order valence-electron chi connectivity index (χ0n) is 16.0. The predicted molar refractivity (Wildman–Crippen MR) is 110 cm³/mol. The van der Waals surface area contributed by atoms with Crippen LogP contribution in [0.25, 0.3) is 0 Å². The maximum absolute atomic E-state index is 12.4. The third kappa shape index (κ3) is 5.01. The molecule has 0 fully saturated rings. The molecule has 3 aromatic rings. The highest BCUT2D eigenvalue weighted by atomic mass is 16.5. The zero-order valence-corrected chi connectivity index (χ0v) is 16.0. The van der Waals surface area contributed by atoms with E-state index in [1.165, 1.54) is 0 Å². The number of nitrogens with zero attached hydrogens (tertiary/aromatic N) is 2. The quantitative estimate of drug-likeness (QED) is 0.607. The molecule has 3 rings (SSSR count). The lowest BCUT2D eigenvalue weighted by Crippen LogP contribution is -2.29. The van der Waals surface area contributed by atoms with Crippen LogP contribution in [-0.2, 0) is 0 Å². The topological polar surface area (TPSA) is 63.7 Å². The largest absolute Gasteiger partial charge is 0.497 e. The number of carbonyl (C=O) groups excluding carboxylic acids is 1. The minimum atomic E-state index is -0.235. The van der Waals surface area contributed by atoms with Crippen LogP contribution in [0.5, 0.6) is 11.5 Å². The molecule has 0 bridgehead atoms. The second-order valence-electron chi connectivity index (χ2n) is 6.07. The van der Waals surface area contributed by atoms with E-state index in [1.54, 1.807) is 19.4 Å². The monoisotopic (exact) mass is 377 g/mol. The molecule has 0 aliphatic carbocycles. The van der Waals surface area contributed by atoms with Crippen LogP contribution in [0, 0.1) is 0 Å². The van der Waals surface area contributed by atoms with Crippen LogP contribution in [0.15, 0.2) is 72.9 Å². The van der Waals surface area contributed by atoms with E-state index in [0.717, 1.165) is 22.9 Å². The van der Waals surface area contributed by atoms with E-state index < -0.39 is 0 Å². The Morgan fingerprint density at radius 1 is 1.00 bits per heavy atom. The van der Waals surface area contributed by atoms with Gasteiger partial charge in [-0.1, -0.05) is 18.2 Å². The van der Waals surface area contributed by atoms with Gasteiger partial charge in [-0.2, -0.15) is 0 Å². The van der Waals surface area contributed by atoms with Gasteiger partial charge in [0.2, 0.25) is 0 Å². The van der Waals surface area contributed by atoms with Crippen molar-refractivity contribution in [3.05, 3.63) is 78.6 Å². The van der Waals surface area contributed by atoms with Crippen molar-refractivity contribution in [3.8, 4) is 11.5 Å². The van der Waals surface area contributed by atoms with Gasteiger partial charge in [0.25, 0.3) is 5.91 Å². The molecule has 28 heavy (non-hydrogen) atoms. The molecule has 6 heteroatoms. The number of hydrogen-bond acceptors (Lipinski definition) is 5. The van der Waals surface area contributed by atoms with Gasteiger partial charge in [-0.25, -0.2) is 0 Å². The third-order valence-corrected chi connectivity index (χ3v) is 4.22. The minimum Gasteiger partial charge on any atom is -0.497 e. The number of ether oxygens (including phenoxy) is 2. The molecule has 1 aromatic heterocycles. The van der Waals surface area contributed by atoms with Gasteiger partial charge in [-0.15, -0.1) is 0 Å². The van der Waals surface area contributed by atoms with Crippen LogP contribution in [0.2, 0.25) is 0 Å². The van der Waals surface area contributed by atoms with Crippen molar-refractivity contribution in [1.82, 2.24) is 10.3 Å². The molecular weight excluding hydrogens is 354 g/mol. The molecule has 1 amide bonds. The molecule has 6 nitrogen and oxygen atoms in total. The highest BCUT2D eigenvalue weighted by Gasteiger charge is 2.10. The summed E-state index contributed by atoms with van der Waals surface area (Å²) in [5.74, 6) is 1.26. The van der Waals surface area contributed by atoms with Crippen molar-refractivity contribution in [1.29, 1.82) is 0 Å². The molecule has 0 aliphatic rings. The molecule has 144 valence electrons. The summed E-state index contributed by atoms with van der Waals surface area (Å²) in [6.07, 6.45) is 1.64. The summed E-state index contributed by atoms with van der Waals surface area (Å²) in [4.78, 5) is 18.6. The van der Waals surface area contributed by atoms with Crippen molar-refractivity contribution in [2.75, 3.05) is 32.2 Å². The molecule has 0 spiro atoms. The molecule has 1 N–H and O–H groups in total. The smallest absolute Gasteiger partial charge is 0.270 e. The fourth-order valence-corrected chi connectivity index (χ4v) is 2.65. The van der Waals surface area contributed by atoms with Crippen LogP contribution < -0.4 is 19.7 Å². The Balaban J connectivity index is 1.53. The van der Waals surface area contributed by atoms with Gasteiger partial charge in [0.1, 0.15) is 23.8 Å². The average molecular weight is 377 g/mol. The number of methoxy groups -OCH3 is 1. The highest BCUT2D eigenvalue weighted by molar-refractivity contribution is 5.93. The Kier molecular flexibility index (Phi) is 6.46. The molecule has 0 aliphatic heterocycles.